The molecule has 0 spiro atoms. The van der Waals surface area contributed by atoms with Crippen molar-refractivity contribution in [3.63, 3.8) is 0 Å². The fraction of sp³-hybridized carbons (Fsp3) is 0.385. The molecule has 1 rings (SSSR count). The van der Waals surface area contributed by atoms with Gasteiger partial charge in [-0.25, -0.2) is 0 Å². The first-order valence-corrected chi connectivity index (χ1v) is 5.41. The Morgan fingerprint density at radius 1 is 1.24 bits per heavy atom. The maximum atomic E-state index is 11.0. The van der Waals surface area contributed by atoms with Gasteiger partial charge in [0.05, 0.1) is 5.41 Å². The number of anilines is 1. The highest BCUT2D eigenvalue weighted by Gasteiger charge is 2.27. The zero-order valence-corrected chi connectivity index (χ0v) is 10.3. The number of carbonyl (C=O) groups excluding carboxylic acids is 1. The molecule has 0 heterocycles. The highest BCUT2D eigenvalue weighted by atomic mass is 16.4. The molecule has 2 N–H and O–H groups in total. The van der Waals surface area contributed by atoms with Gasteiger partial charge in [0.25, 0.3) is 0 Å². The van der Waals surface area contributed by atoms with Crippen molar-refractivity contribution in [3.05, 3.63) is 29.8 Å². The van der Waals surface area contributed by atoms with Crippen LogP contribution < -0.4 is 5.32 Å². The normalized spacial score (nSPS) is 11.0. The monoisotopic (exact) mass is 235 g/mol. The van der Waals surface area contributed by atoms with Crippen molar-refractivity contribution in [2.24, 2.45) is 5.41 Å². The molecular formula is C13H17NO3. The lowest BCUT2D eigenvalue weighted by molar-refractivity contribution is -0.146. The van der Waals surface area contributed by atoms with Crippen LogP contribution in [0.4, 0.5) is 5.69 Å². The first kappa shape index (κ1) is 13.2. The van der Waals surface area contributed by atoms with Crippen molar-refractivity contribution in [1.82, 2.24) is 0 Å². The average Bonchev–Trinajstić information content (AvgIpc) is 2.19. The van der Waals surface area contributed by atoms with Crippen molar-refractivity contribution in [2.45, 2.75) is 27.2 Å². The minimum Gasteiger partial charge on any atom is -0.481 e. The number of amides is 1. The summed E-state index contributed by atoms with van der Waals surface area (Å²) < 4.78 is 0. The van der Waals surface area contributed by atoms with Crippen LogP contribution in [0.2, 0.25) is 0 Å². The van der Waals surface area contributed by atoms with E-state index in [-0.39, 0.29) is 5.91 Å². The van der Waals surface area contributed by atoms with Gasteiger partial charge in [0, 0.05) is 12.6 Å². The van der Waals surface area contributed by atoms with Crippen LogP contribution in [0.15, 0.2) is 24.3 Å². The van der Waals surface area contributed by atoms with E-state index in [0.29, 0.717) is 6.42 Å². The summed E-state index contributed by atoms with van der Waals surface area (Å²) in [5.41, 5.74) is 0.871. The highest BCUT2D eigenvalue weighted by molar-refractivity contribution is 5.88. The zero-order valence-electron chi connectivity index (χ0n) is 10.3. The lowest BCUT2D eigenvalue weighted by Crippen LogP contribution is -2.26. The van der Waals surface area contributed by atoms with Gasteiger partial charge in [0.15, 0.2) is 0 Å². The molecule has 0 aliphatic heterocycles. The molecule has 0 atom stereocenters. The van der Waals surface area contributed by atoms with E-state index in [9.17, 15) is 9.59 Å². The van der Waals surface area contributed by atoms with E-state index in [1.165, 1.54) is 6.92 Å². The van der Waals surface area contributed by atoms with Crippen molar-refractivity contribution in [3.8, 4) is 0 Å². The fourth-order valence-electron chi connectivity index (χ4n) is 1.50. The quantitative estimate of drug-likeness (QED) is 0.841. The largest absolute Gasteiger partial charge is 0.481 e. The number of rotatable bonds is 4. The summed E-state index contributed by atoms with van der Waals surface area (Å²) in [6, 6.07) is 7.20. The number of carboxylic acids is 1. The standard InChI is InChI=1S/C13H17NO3/c1-9(15)14-11-6-4-10(5-7-11)8-13(2,3)12(16)17/h4-7H,8H2,1-3H3,(H,14,15)(H,16,17). The van der Waals surface area contributed by atoms with Gasteiger partial charge in [-0.15, -0.1) is 0 Å². The molecule has 0 fully saturated rings. The first-order valence-electron chi connectivity index (χ1n) is 5.41. The van der Waals surface area contributed by atoms with E-state index >= 15 is 0 Å². The van der Waals surface area contributed by atoms with Gasteiger partial charge in [-0.3, -0.25) is 9.59 Å². The molecule has 0 unspecified atom stereocenters. The smallest absolute Gasteiger partial charge is 0.309 e. The van der Waals surface area contributed by atoms with E-state index in [2.05, 4.69) is 5.32 Å². The van der Waals surface area contributed by atoms with Crippen LogP contribution >= 0.6 is 0 Å². The predicted molar refractivity (Wildman–Crippen MR) is 65.9 cm³/mol. The average molecular weight is 235 g/mol. The number of carbonyl (C=O) groups is 2. The summed E-state index contributed by atoms with van der Waals surface area (Å²) in [7, 11) is 0. The summed E-state index contributed by atoms with van der Waals surface area (Å²) in [5, 5.41) is 11.7. The molecule has 92 valence electrons. The van der Waals surface area contributed by atoms with Gasteiger partial charge >= 0.3 is 5.97 Å². The molecule has 0 saturated heterocycles. The molecule has 0 bridgehead atoms. The Bertz CT molecular complexity index is 421. The third-order valence-electron chi connectivity index (χ3n) is 2.50. The van der Waals surface area contributed by atoms with E-state index < -0.39 is 11.4 Å². The summed E-state index contributed by atoms with van der Waals surface area (Å²) in [4.78, 5) is 21.8. The van der Waals surface area contributed by atoms with Crippen LogP contribution in [0, 0.1) is 5.41 Å². The molecule has 17 heavy (non-hydrogen) atoms. The number of carboxylic acid groups (broad SMARTS) is 1. The van der Waals surface area contributed by atoms with Crippen LogP contribution in [0.1, 0.15) is 26.3 Å². The Morgan fingerprint density at radius 2 is 1.76 bits per heavy atom. The number of benzene rings is 1. The molecule has 1 amide bonds. The number of aliphatic carboxylic acids is 1. The van der Waals surface area contributed by atoms with E-state index in [0.717, 1.165) is 11.3 Å². The third-order valence-corrected chi connectivity index (χ3v) is 2.50. The second-order valence-electron chi connectivity index (χ2n) is 4.74. The van der Waals surface area contributed by atoms with E-state index in [1.807, 2.05) is 12.1 Å². The highest BCUT2D eigenvalue weighted by Crippen LogP contribution is 2.22. The van der Waals surface area contributed by atoms with Crippen LogP contribution in [0.3, 0.4) is 0 Å². The topological polar surface area (TPSA) is 66.4 Å². The Balaban J connectivity index is 2.75. The predicted octanol–water partition coefficient (Wildman–Crippen LogP) is 2.30. The van der Waals surface area contributed by atoms with Crippen LogP contribution in [0.5, 0.6) is 0 Å². The minimum absolute atomic E-state index is 0.122. The van der Waals surface area contributed by atoms with Crippen molar-refractivity contribution in [1.29, 1.82) is 0 Å². The van der Waals surface area contributed by atoms with Gasteiger partial charge in [-0.05, 0) is 38.0 Å². The molecule has 1 aromatic rings. The molecule has 4 nitrogen and oxygen atoms in total. The SMILES string of the molecule is CC(=O)Nc1ccc(CC(C)(C)C(=O)O)cc1. The lowest BCUT2D eigenvalue weighted by Gasteiger charge is -2.19. The molecule has 4 heteroatoms. The summed E-state index contributed by atoms with van der Waals surface area (Å²) in [6.07, 6.45) is 0.461. The van der Waals surface area contributed by atoms with Gasteiger partial charge < -0.3 is 10.4 Å². The summed E-state index contributed by atoms with van der Waals surface area (Å²) in [6.45, 7) is 4.83. The summed E-state index contributed by atoms with van der Waals surface area (Å²) in [5.74, 6) is -0.938. The maximum Gasteiger partial charge on any atom is 0.309 e. The van der Waals surface area contributed by atoms with E-state index in [1.54, 1.807) is 26.0 Å². The van der Waals surface area contributed by atoms with Gasteiger partial charge in [0.1, 0.15) is 0 Å². The molecule has 0 aromatic heterocycles. The minimum atomic E-state index is -0.816. The van der Waals surface area contributed by atoms with Gasteiger partial charge in [-0.1, -0.05) is 12.1 Å². The van der Waals surface area contributed by atoms with E-state index in [4.69, 9.17) is 5.11 Å². The van der Waals surface area contributed by atoms with Crippen molar-refractivity contribution < 1.29 is 14.7 Å². The Kier molecular flexibility index (Phi) is 3.89. The second kappa shape index (κ2) is 4.99. The first-order chi connectivity index (χ1) is 7.81. The molecule has 0 radical (unpaired) electrons. The van der Waals surface area contributed by atoms with Crippen LogP contribution in [-0.4, -0.2) is 17.0 Å². The number of nitrogens with one attached hydrogen (secondary N) is 1. The molecule has 0 saturated carbocycles. The third kappa shape index (κ3) is 3.90. The van der Waals surface area contributed by atoms with Crippen molar-refractivity contribution >= 4 is 17.6 Å². The Morgan fingerprint density at radius 3 is 2.18 bits per heavy atom. The number of hydrogen-bond acceptors (Lipinski definition) is 2. The lowest BCUT2D eigenvalue weighted by atomic mass is 9.86. The molecule has 1 aromatic carbocycles. The maximum absolute atomic E-state index is 11.0. The van der Waals surface area contributed by atoms with Crippen molar-refractivity contribution in [2.75, 3.05) is 5.32 Å². The van der Waals surface area contributed by atoms with Crippen LogP contribution in [0.25, 0.3) is 0 Å². The fourth-order valence-corrected chi connectivity index (χ4v) is 1.50. The van der Waals surface area contributed by atoms with Crippen LogP contribution in [-0.2, 0) is 16.0 Å². The molecule has 0 aliphatic rings. The Labute approximate surface area is 101 Å². The second-order valence-corrected chi connectivity index (χ2v) is 4.74. The summed E-state index contributed by atoms with van der Waals surface area (Å²) >= 11 is 0. The molecular weight excluding hydrogens is 218 g/mol. The number of hydrogen-bond donors (Lipinski definition) is 2. The zero-order chi connectivity index (χ0) is 13.1. The molecule has 0 aliphatic carbocycles. The Hall–Kier alpha value is -1.84. The van der Waals surface area contributed by atoms with Gasteiger partial charge in [0.2, 0.25) is 5.91 Å². The van der Waals surface area contributed by atoms with Gasteiger partial charge in [-0.2, -0.15) is 0 Å².